The first-order chi connectivity index (χ1) is 6.72. The smallest absolute Gasteiger partial charge is 0.253 e. The van der Waals surface area contributed by atoms with Crippen molar-refractivity contribution in [2.75, 3.05) is 13.1 Å². The lowest BCUT2D eigenvalue weighted by atomic mass is 9.98. The first kappa shape index (κ1) is 12.5. The minimum absolute atomic E-state index is 0.250. The van der Waals surface area contributed by atoms with E-state index in [0.717, 1.165) is 6.42 Å². The van der Waals surface area contributed by atoms with Crippen molar-refractivity contribution in [3.8, 4) is 0 Å². The minimum Gasteiger partial charge on any atom is -0.390 e. The molecule has 1 amide bonds. The highest BCUT2D eigenvalue weighted by Crippen LogP contribution is 2.22. The fourth-order valence-corrected chi connectivity index (χ4v) is 1.85. The van der Waals surface area contributed by atoms with Crippen LogP contribution in [0.5, 0.6) is 0 Å². The van der Waals surface area contributed by atoms with Crippen molar-refractivity contribution in [1.82, 2.24) is 4.90 Å². The van der Waals surface area contributed by atoms with Gasteiger partial charge in [-0.05, 0) is 40.0 Å². The molecule has 1 aliphatic heterocycles. The molecule has 0 saturated carbocycles. The Kier molecular flexibility index (Phi) is 3.41. The fourth-order valence-electron chi connectivity index (χ4n) is 1.85. The van der Waals surface area contributed by atoms with E-state index in [1.165, 1.54) is 13.8 Å². The molecule has 1 unspecified atom stereocenters. The number of hydrogen-bond donors (Lipinski definition) is 2. The average molecular weight is 215 g/mol. The maximum atomic E-state index is 11.8. The number of amides is 1. The molecule has 4 heteroatoms. The van der Waals surface area contributed by atoms with Crippen LogP contribution < -0.4 is 0 Å². The zero-order valence-electron chi connectivity index (χ0n) is 9.79. The normalized spacial score (nSPS) is 28.7. The van der Waals surface area contributed by atoms with Crippen molar-refractivity contribution in [3.63, 3.8) is 0 Å². The minimum atomic E-state index is -1.31. The molecular weight excluding hydrogens is 194 g/mol. The van der Waals surface area contributed by atoms with Crippen LogP contribution in [0.2, 0.25) is 0 Å². The Labute approximate surface area is 90.9 Å². The average Bonchev–Trinajstić information content (AvgIpc) is 2.23. The van der Waals surface area contributed by atoms with Gasteiger partial charge in [-0.1, -0.05) is 0 Å². The molecule has 1 heterocycles. The largest absolute Gasteiger partial charge is 0.390 e. The number of likely N-dealkylation sites (tertiary alicyclic amines) is 1. The summed E-state index contributed by atoms with van der Waals surface area (Å²) >= 11 is 0. The Bertz CT molecular complexity index is 243. The van der Waals surface area contributed by atoms with Gasteiger partial charge in [0.2, 0.25) is 0 Å². The van der Waals surface area contributed by atoms with Gasteiger partial charge in [0, 0.05) is 13.1 Å². The van der Waals surface area contributed by atoms with E-state index in [1.807, 2.05) is 0 Å². The number of carbonyl (C=O) groups excluding carboxylic acids is 1. The molecule has 15 heavy (non-hydrogen) atoms. The predicted octanol–water partition coefficient (Wildman–Crippen LogP) is 0.521. The Hall–Kier alpha value is -0.610. The van der Waals surface area contributed by atoms with Gasteiger partial charge in [0.25, 0.3) is 5.91 Å². The van der Waals surface area contributed by atoms with Gasteiger partial charge in [-0.3, -0.25) is 4.79 Å². The van der Waals surface area contributed by atoms with Crippen LogP contribution in [-0.4, -0.2) is 45.3 Å². The lowest BCUT2D eigenvalue weighted by molar-refractivity contribution is -0.147. The highest BCUT2D eigenvalue weighted by atomic mass is 16.3. The zero-order chi connectivity index (χ0) is 11.7. The van der Waals surface area contributed by atoms with Crippen molar-refractivity contribution in [2.45, 2.75) is 51.2 Å². The van der Waals surface area contributed by atoms with E-state index in [0.29, 0.717) is 25.9 Å². The lowest BCUT2D eigenvalue weighted by Gasteiger charge is -2.27. The Morgan fingerprint density at radius 2 is 1.93 bits per heavy atom. The molecular formula is C11H21NO3. The van der Waals surface area contributed by atoms with Gasteiger partial charge in [-0.25, -0.2) is 0 Å². The van der Waals surface area contributed by atoms with Crippen LogP contribution in [0.3, 0.4) is 0 Å². The molecule has 0 aromatic rings. The molecule has 1 fully saturated rings. The summed E-state index contributed by atoms with van der Waals surface area (Å²) in [6.07, 6.45) is 2.08. The molecule has 1 aliphatic rings. The molecule has 0 radical (unpaired) electrons. The van der Waals surface area contributed by atoms with Crippen LogP contribution in [0.25, 0.3) is 0 Å². The third-order valence-corrected chi connectivity index (χ3v) is 2.87. The second-order valence-corrected chi connectivity index (χ2v) is 5.20. The monoisotopic (exact) mass is 215 g/mol. The lowest BCUT2D eigenvalue weighted by Crippen LogP contribution is -2.45. The SMILES string of the molecule is CC1(O)CCCN(C(=O)C(C)(C)O)CC1. The number of carbonyl (C=O) groups is 1. The summed E-state index contributed by atoms with van der Waals surface area (Å²) in [7, 11) is 0. The first-order valence-electron chi connectivity index (χ1n) is 5.46. The quantitative estimate of drug-likeness (QED) is 0.670. The van der Waals surface area contributed by atoms with Gasteiger partial charge in [0.15, 0.2) is 0 Å². The molecule has 0 aromatic heterocycles. The van der Waals surface area contributed by atoms with Crippen LogP contribution in [0.4, 0.5) is 0 Å². The summed E-state index contributed by atoms with van der Waals surface area (Å²) in [6, 6.07) is 0. The predicted molar refractivity (Wildman–Crippen MR) is 57.4 cm³/mol. The molecule has 0 spiro atoms. The van der Waals surface area contributed by atoms with Crippen molar-refractivity contribution in [3.05, 3.63) is 0 Å². The summed E-state index contributed by atoms with van der Waals surface area (Å²) in [6.45, 7) is 5.94. The van der Waals surface area contributed by atoms with E-state index in [1.54, 1.807) is 11.8 Å². The van der Waals surface area contributed by atoms with Crippen LogP contribution >= 0.6 is 0 Å². The van der Waals surface area contributed by atoms with E-state index in [-0.39, 0.29) is 5.91 Å². The van der Waals surface area contributed by atoms with E-state index < -0.39 is 11.2 Å². The van der Waals surface area contributed by atoms with Gasteiger partial charge >= 0.3 is 0 Å². The maximum absolute atomic E-state index is 11.8. The third-order valence-electron chi connectivity index (χ3n) is 2.87. The van der Waals surface area contributed by atoms with Crippen molar-refractivity contribution in [2.24, 2.45) is 0 Å². The third kappa shape index (κ3) is 3.47. The van der Waals surface area contributed by atoms with Crippen LogP contribution in [0.1, 0.15) is 40.0 Å². The van der Waals surface area contributed by atoms with Crippen molar-refractivity contribution in [1.29, 1.82) is 0 Å². The molecule has 88 valence electrons. The van der Waals surface area contributed by atoms with Crippen LogP contribution in [0, 0.1) is 0 Å². The zero-order valence-corrected chi connectivity index (χ0v) is 9.79. The highest BCUT2D eigenvalue weighted by Gasteiger charge is 2.33. The summed E-state index contributed by atoms with van der Waals surface area (Å²) in [5.74, 6) is -0.250. The van der Waals surface area contributed by atoms with E-state index in [2.05, 4.69) is 0 Å². The topological polar surface area (TPSA) is 60.8 Å². The standard InChI is InChI=1S/C11H21NO3/c1-10(2,14)9(13)12-7-4-5-11(3,15)6-8-12/h14-15H,4-8H2,1-3H3. The maximum Gasteiger partial charge on any atom is 0.253 e. The van der Waals surface area contributed by atoms with E-state index in [9.17, 15) is 15.0 Å². The van der Waals surface area contributed by atoms with Gasteiger partial charge in [0.1, 0.15) is 5.60 Å². The second-order valence-electron chi connectivity index (χ2n) is 5.20. The van der Waals surface area contributed by atoms with Crippen molar-refractivity contribution >= 4 is 5.91 Å². The molecule has 0 bridgehead atoms. The van der Waals surface area contributed by atoms with Gasteiger partial charge in [-0.15, -0.1) is 0 Å². The molecule has 1 rings (SSSR count). The van der Waals surface area contributed by atoms with E-state index >= 15 is 0 Å². The molecule has 0 aliphatic carbocycles. The Balaban J connectivity index is 2.62. The molecule has 1 atom stereocenters. The number of nitrogens with zero attached hydrogens (tertiary/aromatic N) is 1. The Morgan fingerprint density at radius 3 is 2.47 bits per heavy atom. The summed E-state index contributed by atoms with van der Waals surface area (Å²) in [5.41, 5.74) is -1.98. The summed E-state index contributed by atoms with van der Waals surface area (Å²) < 4.78 is 0. The molecule has 1 saturated heterocycles. The van der Waals surface area contributed by atoms with Crippen LogP contribution in [0.15, 0.2) is 0 Å². The summed E-state index contributed by atoms with van der Waals surface area (Å²) in [4.78, 5) is 13.4. The second kappa shape index (κ2) is 4.10. The van der Waals surface area contributed by atoms with E-state index in [4.69, 9.17) is 0 Å². The van der Waals surface area contributed by atoms with Crippen LogP contribution in [-0.2, 0) is 4.79 Å². The molecule has 0 aromatic carbocycles. The first-order valence-corrected chi connectivity index (χ1v) is 5.46. The van der Waals surface area contributed by atoms with Gasteiger partial charge < -0.3 is 15.1 Å². The molecule has 4 nitrogen and oxygen atoms in total. The summed E-state index contributed by atoms with van der Waals surface area (Å²) in [5, 5.41) is 19.5. The number of hydrogen-bond acceptors (Lipinski definition) is 3. The molecule has 2 N–H and O–H groups in total. The van der Waals surface area contributed by atoms with Crippen molar-refractivity contribution < 1.29 is 15.0 Å². The fraction of sp³-hybridized carbons (Fsp3) is 0.909. The Morgan fingerprint density at radius 1 is 1.33 bits per heavy atom. The number of aliphatic hydroxyl groups is 2. The highest BCUT2D eigenvalue weighted by molar-refractivity contribution is 5.84. The number of rotatable bonds is 1. The van der Waals surface area contributed by atoms with Gasteiger partial charge in [-0.2, -0.15) is 0 Å². The van der Waals surface area contributed by atoms with Gasteiger partial charge in [0.05, 0.1) is 5.60 Å².